The zero-order chi connectivity index (χ0) is 14.3. The van der Waals surface area contributed by atoms with E-state index in [-0.39, 0.29) is 11.9 Å². The van der Waals surface area contributed by atoms with Crippen LogP contribution in [0.15, 0.2) is 30.5 Å². The molecule has 0 spiro atoms. The topological polar surface area (TPSA) is 38.1 Å². The first-order chi connectivity index (χ1) is 9.59. The fraction of sp³-hybridized carbons (Fsp3) is 0.333. The summed E-state index contributed by atoms with van der Waals surface area (Å²) < 4.78 is 1.69. The average molecular weight is 290 g/mol. The highest BCUT2D eigenvalue weighted by atomic mass is 35.5. The molecule has 1 aromatic carbocycles. The summed E-state index contributed by atoms with van der Waals surface area (Å²) in [5, 5.41) is 4.79. The zero-order valence-corrected chi connectivity index (χ0v) is 12.3. The van der Waals surface area contributed by atoms with Crippen LogP contribution in [0.1, 0.15) is 24.2 Å². The molecule has 0 fully saturated rings. The van der Waals surface area contributed by atoms with Crippen LogP contribution < -0.4 is 4.90 Å². The summed E-state index contributed by atoms with van der Waals surface area (Å²) >= 11 is 6.01. The molecule has 1 atom stereocenters. The van der Waals surface area contributed by atoms with Crippen LogP contribution in [-0.2, 0) is 11.2 Å². The van der Waals surface area contributed by atoms with Crippen LogP contribution in [0.4, 0.5) is 5.69 Å². The van der Waals surface area contributed by atoms with Gasteiger partial charge < -0.3 is 4.90 Å². The van der Waals surface area contributed by atoms with E-state index in [1.165, 1.54) is 5.56 Å². The molecule has 1 amide bonds. The normalized spacial score (nSPS) is 15.2. The Bertz CT molecular complexity index is 665. The Morgan fingerprint density at radius 2 is 2.15 bits per heavy atom. The lowest BCUT2D eigenvalue weighted by Crippen LogP contribution is -2.35. The lowest BCUT2D eigenvalue weighted by molar-refractivity contribution is -0.121. The summed E-state index contributed by atoms with van der Waals surface area (Å²) in [5.41, 5.74) is 3.06. The third kappa shape index (κ3) is 2.00. The molecule has 3 rings (SSSR count). The van der Waals surface area contributed by atoms with Crippen molar-refractivity contribution >= 4 is 23.2 Å². The lowest BCUT2D eigenvalue weighted by atomic mass is 10.2. The minimum absolute atomic E-state index is 0.0535. The molecular weight excluding hydrogens is 274 g/mol. The van der Waals surface area contributed by atoms with Crippen molar-refractivity contribution in [3.05, 3.63) is 46.7 Å². The van der Waals surface area contributed by atoms with Gasteiger partial charge in [-0.1, -0.05) is 29.8 Å². The summed E-state index contributed by atoms with van der Waals surface area (Å²) in [6, 6.07) is 7.69. The molecule has 0 radical (unpaired) electrons. The van der Waals surface area contributed by atoms with E-state index in [0.717, 1.165) is 24.3 Å². The third-order valence-corrected chi connectivity index (χ3v) is 4.23. The molecule has 0 aliphatic carbocycles. The fourth-order valence-electron chi connectivity index (χ4n) is 2.69. The highest BCUT2D eigenvalue weighted by Gasteiger charge is 2.29. The average Bonchev–Trinajstić information content (AvgIpc) is 3.02. The number of fused-ring (bicyclic) bond motifs is 1. The molecule has 0 bridgehead atoms. The maximum atomic E-state index is 12.7. The van der Waals surface area contributed by atoms with Crippen molar-refractivity contribution < 1.29 is 4.79 Å². The second-order valence-electron chi connectivity index (χ2n) is 5.07. The second-order valence-corrected chi connectivity index (χ2v) is 5.47. The minimum Gasteiger partial charge on any atom is -0.310 e. The van der Waals surface area contributed by atoms with Crippen LogP contribution in [-0.4, -0.2) is 22.2 Å². The summed E-state index contributed by atoms with van der Waals surface area (Å²) in [6.45, 7) is 4.47. The van der Waals surface area contributed by atoms with Crippen molar-refractivity contribution in [3.63, 3.8) is 0 Å². The van der Waals surface area contributed by atoms with Crippen LogP contribution in [0.2, 0.25) is 5.02 Å². The van der Waals surface area contributed by atoms with Gasteiger partial charge in [-0.2, -0.15) is 5.10 Å². The van der Waals surface area contributed by atoms with E-state index in [1.807, 2.05) is 36.9 Å². The predicted molar refractivity (Wildman–Crippen MR) is 79.2 cm³/mol. The van der Waals surface area contributed by atoms with E-state index >= 15 is 0 Å². The Balaban J connectivity index is 1.89. The van der Waals surface area contributed by atoms with Gasteiger partial charge in [0.15, 0.2) is 0 Å². The number of halogens is 1. The highest BCUT2D eigenvalue weighted by molar-refractivity contribution is 6.31. The molecule has 1 aromatic heterocycles. The van der Waals surface area contributed by atoms with Gasteiger partial charge in [0.05, 0.1) is 16.9 Å². The number of anilines is 1. The van der Waals surface area contributed by atoms with Crippen molar-refractivity contribution in [2.45, 2.75) is 26.3 Å². The van der Waals surface area contributed by atoms with E-state index in [1.54, 1.807) is 10.9 Å². The summed E-state index contributed by atoms with van der Waals surface area (Å²) in [7, 11) is 0. The second kappa shape index (κ2) is 4.94. The Labute approximate surface area is 123 Å². The smallest absolute Gasteiger partial charge is 0.251 e. The van der Waals surface area contributed by atoms with Crippen LogP contribution >= 0.6 is 11.6 Å². The number of carbonyl (C=O) groups is 1. The van der Waals surface area contributed by atoms with Crippen molar-refractivity contribution in [1.29, 1.82) is 0 Å². The van der Waals surface area contributed by atoms with Crippen molar-refractivity contribution in [2.24, 2.45) is 0 Å². The molecule has 0 unspecified atom stereocenters. The van der Waals surface area contributed by atoms with Crippen LogP contribution in [0.5, 0.6) is 0 Å². The standard InChI is InChI=1S/C15H16ClN3O/c1-10-13(16)9-17-19(10)11(2)15(20)18-8-7-12-5-3-4-6-14(12)18/h3-6,9,11H,7-8H2,1-2H3/t11-/m1/s1. The summed E-state index contributed by atoms with van der Waals surface area (Å²) in [4.78, 5) is 14.5. The van der Waals surface area contributed by atoms with E-state index in [0.29, 0.717) is 5.02 Å². The van der Waals surface area contributed by atoms with E-state index in [2.05, 4.69) is 11.2 Å². The zero-order valence-electron chi connectivity index (χ0n) is 11.5. The largest absolute Gasteiger partial charge is 0.310 e. The van der Waals surface area contributed by atoms with Crippen LogP contribution in [0, 0.1) is 6.92 Å². The number of nitrogens with zero attached hydrogens (tertiary/aromatic N) is 3. The molecule has 2 aromatic rings. The number of hydrogen-bond donors (Lipinski definition) is 0. The fourth-order valence-corrected chi connectivity index (χ4v) is 2.82. The molecule has 1 aliphatic rings. The van der Waals surface area contributed by atoms with Gasteiger partial charge in [0.25, 0.3) is 5.91 Å². The van der Waals surface area contributed by atoms with Crippen molar-refractivity contribution in [1.82, 2.24) is 9.78 Å². The number of amides is 1. The Morgan fingerprint density at radius 3 is 2.85 bits per heavy atom. The highest BCUT2D eigenvalue weighted by Crippen LogP contribution is 2.30. The van der Waals surface area contributed by atoms with Crippen LogP contribution in [0.25, 0.3) is 0 Å². The monoisotopic (exact) mass is 289 g/mol. The molecular formula is C15H16ClN3O. The minimum atomic E-state index is -0.353. The number of aromatic nitrogens is 2. The summed E-state index contributed by atoms with van der Waals surface area (Å²) in [6.07, 6.45) is 2.49. The van der Waals surface area contributed by atoms with Crippen molar-refractivity contribution in [3.8, 4) is 0 Å². The van der Waals surface area contributed by atoms with Gasteiger partial charge in [0, 0.05) is 12.2 Å². The predicted octanol–water partition coefficient (Wildman–Crippen LogP) is 3.00. The molecule has 1 aliphatic heterocycles. The first-order valence-corrected chi connectivity index (χ1v) is 7.06. The van der Waals surface area contributed by atoms with Crippen LogP contribution in [0.3, 0.4) is 0 Å². The molecule has 4 nitrogen and oxygen atoms in total. The number of para-hydroxylation sites is 1. The number of benzene rings is 1. The van der Waals surface area contributed by atoms with Gasteiger partial charge in [0.2, 0.25) is 0 Å². The maximum absolute atomic E-state index is 12.7. The lowest BCUT2D eigenvalue weighted by Gasteiger charge is -2.22. The molecule has 5 heteroatoms. The van der Waals surface area contributed by atoms with Gasteiger partial charge in [-0.05, 0) is 31.9 Å². The molecule has 104 valence electrons. The van der Waals surface area contributed by atoms with E-state index < -0.39 is 0 Å². The molecule has 0 saturated heterocycles. The van der Waals surface area contributed by atoms with Gasteiger partial charge in [-0.25, -0.2) is 0 Å². The molecule has 0 N–H and O–H groups in total. The Hall–Kier alpha value is -1.81. The Morgan fingerprint density at radius 1 is 1.40 bits per heavy atom. The van der Waals surface area contributed by atoms with Gasteiger partial charge in [-0.3, -0.25) is 9.48 Å². The first kappa shape index (κ1) is 13.2. The quantitative estimate of drug-likeness (QED) is 0.852. The van der Waals surface area contributed by atoms with Gasteiger partial charge in [-0.15, -0.1) is 0 Å². The Kier molecular flexibility index (Phi) is 3.26. The van der Waals surface area contributed by atoms with E-state index in [9.17, 15) is 4.79 Å². The molecule has 20 heavy (non-hydrogen) atoms. The van der Waals surface area contributed by atoms with Crippen molar-refractivity contribution in [2.75, 3.05) is 11.4 Å². The third-order valence-electron chi connectivity index (χ3n) is 3.86. The number of rotatable bonds is 2. The number of carbonyl (C=O) groups excluding carboxylic acids is 1. The number of hydrogen-bond acceptors (Lipinski definition) is 2. The first-order valence-electron chi connectivity index (χ1n) is 6.68. The SMILES string of the molecule is Cc1c(Cl)cnn1[C@H](C)C(=O)N1CCc2ccccc21. The molecule has 0 saturated carbocycles. The van der Waals surface area contributed by atoms with E-state index in [4.69, 9.17) is 11.6 Å². The molecule has 2 heterocycles. The summed E-state index contributed by atoms with van der Waals surface area (Å²) in [5.74, 6) is 0.0535. The van der Waals surface area contributed by atoms with Gasteiger partial charge in [0.1, 0.15) is 6.04 Å². The maximum Gasteiger partial charge on any atom is 0.251 e. The van der Waals surface area contributed by atoms with Gasteiger partial charge >= 0.3 is 0 Å².